The first-order chi connectivity index (χ1) is 14.6. The third-order valence-electron chi connectivity index (χ3n) is 4.63. The molecule has 0 fully saturated rings. The van der Waals surface area contributed by atoms with Crippen LogP contribution in [0.5, 0.6) is 5.75 Å². The van der Waals surface area contributed by atoms with E-state index >= 15 is 0 Å². The molecule has 0 aromatic heterocycles. The number of hydrogen-bond acceptors (Lipinski definition) is 4. The minimum absolute atomic E-state index is 0.156. The summed E-state index contributed by atoms with van der Waals surface area (Å²) in [4.78, 5) is 4.44. The van der Waals surface area contributed by atoms with Crippen molar-refractivity contribution < 1.29 is 13.5 Å². The molecule has 3 rings (SSSR count). The molecule has 0 aliphatic carbocycles. The predicted molar refractivity (Wildman–Crippen MR) is 128 cm³/mol. The summed E-state index contributed by atoms with van der Waals surface area (Å²) in [5, 5.41) is 14.8. The highest BCUT2D eigenvalue weighted by atomic mass is 32.2. The fraction of sp³-hybridized carbons (Fsp3) is 0.160. The first-order valence-corrected chi connectivity index (χ1v) is 11.3. The van der Waals surface area contributed by atoms with Crippen molar-refractivity contribution in [3.8, 4) is 5.75 Å². The number of sulfonamides is 1. The van der Waals surface area contributed by atoms with E-state index in [1.54, 1.807) is 25.2 Å². The number of para-hydroxylation sites is 1. The van der Waals surface area contributed by atoms with Crippen LogP contribution in [0.25, 0.3) is 5.57 Å². The van der Waals surface area contributed by atoms with Gasteiger partial charge in [0, 0.05) is 12.6 Å². The van der Waals surface area contributed by atoms with E-state index in [4.69, 9.17) is 5.14 Å². The Kier molecular flexibility index (Phi) is 8.30. The SMILES string of the molecule is CN=C(/C=C(\C)c1ccc(C)cc1)c1ccccc1O.Cc1ccc(S(N)(=O)=O)cc1. The Balaban J connectivity index is 0.000000262. The Bertz CT molecular complexity index is 1180. The Morgan fingerprint density at radius 1 is 0.903 bits per heavy atom. The fourth-order valence-electron chi connectivity index (χ4n) is 2.79. The summed E-state index contributed by atoms with van der Waals surface area (Å²) in [5.41, 5.74) is 6.06. The van der Waals surface area contributed by atoms with Crippen molar-refractivity contribution >= 4 is 21.3 Å². The molecule has 6 heteroatoms. The van der Waals surface area contributed by atoms with Gasteiger partial charge in [0.25, 0.3) is 0 Å². The number of benzene rings is 3. The summed E-state index contributed by atoms with van der Waals surface area (Å²) in [6.45, 7) is 6.01. The second kappa shape index (κ2) is 10.7. The van der Waals surface area contributed by atoms with Crippen LogP contribution in [0.3, 0.4) is 0 Å². The maximum Gasteiger partial charge on any atom is 0.238 e. The topological polar surface area (TPSA) is 92.8 Å². The number of aliphatic imine (C=N–C) groups is 1. The lowest BCUT2D eigenvalue weighted by Gasteiger charge is -2.07. The second-order valence-corrected chi connectivity index (χ2v) is 8.74. The molecule has 3 aromatic carbocycles. The standard InChI is InChI=1S/C18H19NO.C7H9NO2S/c1-13-8-10-15(11-9-13)14(2)12-17(19-3)16-6-4-5-7-18(16)20;1-6-2-4-7(5-3-6)11(8,9)10/h4-12,20H,1-3H3;2-5H,1H3,(H2,8,9,10)/b14-12+,19-17?;. The molecule has 0 radical (unpaired) electrons. The van der Waals surface area contributed by atoms with Gasteiger partial charge >= 0.3 is 0 Å². The Hall–Kier alpha value is -3.22. The van der Waals surface area contributed by atoms with Gasteiger partial charge in [-0.3, -0.25) is 4.99 Å². The molecule has 162 valence electrons. The van der Waals surface area contributed by atoms with E-state index in [1.165, 1.54) is 17.7 Å². The molecule has 0 spiro atoms. The number of nitrogens with two attached hydrogens (primary N) is 1. The van der Waals surface area contributed by atoms with E-state index in [0.717, 1.165) is 28.0 Å². The van der Waals surface area contributed by atoms with Crippen molar-refractivity contribution in [1.29, 1.82) is 0 Å². The Morgan fingerprint density at radius 3 is 1.90 bits per heavy atom. The summed E-state index contributed by atoms with van der Waals surface area (Å²) < 4.78 is 21.4. The largest absolute Gasteiger partial charge is 0.507 e. The van der Waals surface area contributed by atoms with E-state index in [0.29, 0.717) is 0 Å². The molecule has 0 heterocycles. The number of hydrogen-bond donors (Lipinski definition) is 2. The summed E-state index contributed by atoms with van der Waals surface area (Å²) in [6, 6.07) is 22.0. The van der Waals surface area contributed by atoms with Crippen molar-refractivity contribution in [3.05, 3.63) is 101 Å². The highest BCUT2D eigenvalue weighted by molar-refractivity contribution is 7.89. The molecule has 3 aromatic rings. The van der Waals surface area contributed by atoms with Gasteiger partial charge in [-0.1, -0.05) is 59.7 Å². The average molecular weight is 437 g/mol. The fourth-order valence-corrected chi connectivity index (χ4v) is 3.30. The van der Waals surface area contributed by atoms with Crippen molar-refractivity contribution in [2.75, 3.05) is 7.05 Å². The Labute approximate surface area is 184 Å². The number of primary sulfonamides is 1. The van der Waals surface area contributed by atoms with Crippen LogP contribution in [0.15, 0.2) is 88.8 Å². The zero-order valence-electron chi connectivity index (χ0n) is 18.2. The van der Waals surface area contributed by atoms with E-state index in [9.17, 15) is 13.5 Å². The molecule has 0 unspecified atom stereocenters. The van der Waals surface area contributed by atoms with Crippen molar-refractivity contribution in [2.24, 2.45) is 10.1 Å². The third kappa shape index (κ3) is 7.20. The van der Waals surface area contributed by atoms with Crippen molar-refractivity contribution in [2.45, 2.75) is 25.7 Å². The van der Waals surface area contributed by atoms with Gasteiger partial charge in [-0.25, -0.2) is 13.6 Å². The molecule has 0 atom stereocenters. The van der Waals surface area contributed by atoms with Crippen LogP contribution >= 0.6 is 0 Å². The number of phenols is 1. The van der Waals surface area contributed by atoms with Crippen LogP contribution in [0.1, 0.15) is 29.2 Å². The first kappa shape index (κ1) is 24.1. The molecule has 0 aliphatic rings. The molecular weight excluding hydrogens is 408 g/mol. The monoisotopic (exact) mass is 436 g/mol. The maximum absolute atomic E-state index is 10.7. The number of phenolic OH excluding ortho intramolecular Hbond substituents is 1. The van der Waals surface area contributed by atoms with Crippen LogP contribution in [-0.2, 0) is 10.0 Å². The number of aromatic hydroxyl groups is 1. The second-order valence-electron chi connectivity index (χ2n) is 7.18. The lowest BCUT2D eigenvalue weighted by Crippen LogP contribution is -2.11. The lowest BCUT2D eigenvalue weighted by atomic mass is 10.0. The highest BCUT2D eigenvalue weighted by Gasteiger charge is 2.06. The summed E-state index contributed by atoms with van der Waals surface area (Å²) >= 11 is 0. The number of nitrogens with zero attached hydrogens (tertiary/aromatic N) is 1. The van der Waals surface area contributed by atoms with Crippen molar-refractivity contribution in [1.82, 2.24) is 0 Å². The maximum atomic E-state index is 10.7. The zero-order valence-corrected chi connectivity index (χ0v) is 19.0. The van der Waals surface area contributed by atoms with Gasteiger partial charge < -0.3 is 5.11 Å². The minimum Gasteiger partial charge on any atom is -0.507 e. The molecule has 5 nitrogen and oxygen atoms in total. The molecule has 0 saturated carbocycles. The van der Waals surface area contributed by atoms with Gasteiger partial charge in [0.2, 0.25) is 10.0 Å². The number of allylic oxidation sites excluding steroid dienone is 2. The summed E-state index contributed by atoms with van der Waals surface area (Å²) in [5.74, 6) is 0.251. The summed E-state index contributed by atoms with van der Waals surface area (Å²) in [6.07, 6.45) is 2.00. The van der Waals surface area contributed by atoms with Gasteiger partial charge in [-0.2, -0.15) is 0 Å². The lowest BCUT2D eigenvalue weighted by molar-refractivity contribution is 0.474. The molecule has 3 N–H and O–H groups in total. The highest BCUT2D eigenvalue weighted by Crippen LogP contribution is 2.21. The van der Waals surface area contributed by atoms with Crippen LogP contribution in [0.2, 0.25) is 0 Å². The Morgan fingerprint density at radius 2 is 1.42 bits per heavy atom. The van der Waals surface area contributed by atoms with Crippen LogP contribution < -0.4 is 5.14 Å². The quantitative estimate of drug-likeness (QED) is 0.572. The number of aryl methyl sites for hydroxylation is 2. The van der Waals surface area contributed by atoms with Gasteiger partial charge in [-0.15, -0.1) is 0 Å². The van der Waals surface area contributed by atoms with Crippen molar-refractivity contribution in [3.63, 3.8) is 0 Å². The van der Waals surface area contributed by atoms with E-state index < -0.39 is 10.0 Å². The van der Waals surface area contributed by atoms with Gasteiger partial charge in [0.15, 0.2) is 0 Å². The molecular formula is C25H28N2O3S. The third-order valence-corrected chi connectivity index (χ3v) is 5.56. The smallest absolute Gasteiger partial charge is 0.238 e. The van der Waals surface area contributed by atoms with Gasteiger partial charge in [0.1, 0.15) is 5.75 Å². The molecule has 0 saturated heterocycles. The van der Waals surface area contributed by atoms with E-state index in [1.807, 2.05) is 31.2 Å². The molecule has 0 amide bonds. The van der Waals surface area contributed by atoms with Crippen LogP contribution in [-0.4, -0.2) is 26.3 Å². The van der Waals surface area contributed by atoms with Gasteiger partial charge in [0.05, 0.1) is 10.6 Å². The van der Waals surface area contributed by atoms with E-state index in [2.05, 4.69) is 43.1 Å². The normalized spacial score (nSPS) is 12.2. The first-order valence-electron chi connectivity index (χ1n) is 9.72. The molecule has 31 heavy (non-hydrogen) atoms. The molecule has 0 bridgehead atoms. The summed E-state index contributed by atoms with van der Waals surface area (Å²) in [7, 11) is -1.78. The minimum atomic E-state index is -3.52. The predicted octanol–water partition coefficient (Wildman–Crippen LogP) is 4.87. The van der Waals surface area contributed by atoms with Gasteiger partial charge in [-0.05, 0) is 62.2 Å². The zero-order chi connectivity index (χ0) is 23.0. The van der Waals surface area contributed by atoms with Crippen LogP contribution in [0.4, 0.5) is 0 Å². The van der Waals surface area contributed by atoms with E-state index in [-0.39, 0.29) is 10.6 Å². The van der Waals surface area contributed by atoms with Crippen LogP contribution in [0, 0.1) is 13.8 Å². The average Bonchev–Trinajstić information content (AvgIpc) is 2.73. The molecule has 0 aliphatic heterocycles. The number of rotatable bonds is 4.